The SMILES string of the molecule is CCCCCCCCCCCCCCC(=O)O[C@H](COC(=O)CCCCCCCCCCCCCCCCC(C)C)COC(=O)CCCCCCCCCCCCCCC(C)C. The van der Waals surface area contributed by atoms with Crippen molar-refractivity contribution in [1.82, 2.24) is 0 Å². The number of hydrogen-bond donors (Lipinski definition) is 0. The summed E-state index contributed by atoms with van der Waals surface area (Å²) in [6.45, 7) is 11.4. The minimum absolute atomic E-state index is 0.0629. The lowest BCUT2D eigenvalue weighted by Crippen LogP contribution is -2.30. The van der Waals surface area contributed by atoms with Crippen molar-refractivity contribution in [1.29, 1.82) is 0 Å². The van der Waals surface area contributed by atoms with Gasteiger partial charge >= 0.3 is 17.9 Å². The Labute approximate surface area is 387 Å². The zero-order chi connectivity index (χ0) is 45.4. The summed E-state index contributed by atoms with van der Waals surface area (Å²) in [6.07, 6.45) is 50.9. The van der Waals surface area contributed by atoms with Gasteiger partial charge in [-0.3, -0.25) is 14.4 Å². The molecule has 368 valence electrons. The summed E-state index contributed by atoms with van der Waals surface area (Å²) >= 11 is 0. The number of unbranched alkanes of at least 4 members (excludes halogenated alkanes) is 35. The summed E-state index contributed by atoms with van der Waals surface area (Å²) in [4.78, 5) is 38.0. The quantitative estimate of drug-likeness (QED) is 0.0344. The van der Waals surface area contributed by atoms with Crippen LogP contribution in [0.15, 0.2) is 0 Å². The minimum Gasteiger partial charge on any atom is -0.462 e. The van der Waals surface area contributed by atoms with Crippen LogP contribution >= 0.6 is 0 Å². The van der Waals surface area contributed by atoms with Crippen LogP contribution in [-0.2, 0) is 28.6 Å². The first-order chi connectivity index (χ1) is 30.2. The van der Waals surface area contributed by atoms with Crippen LogP contribution in [0.4, 0.5) is 0 Å². The zero-order valence-corrected chi connectivity index (χ0v) is 42.5. The maximum Gasteiger partial charge on any atom is 0.306 e. The van der Waals surface area contributed by atoms with Gasteiger partial charge in [-0.1, -0.05) is 272 Å². The number of carbonyl (C=O) groups excluding carboxylic acids is 3. The molecule has 0 fully saturated rings. The van der Waals surface area contributed by atoms with Gasteiger partial charge in [0.25, 0.3) is 0 Å². The second kappa shape index (κ2) is 48.9. The highest BCUT2D eigenvalue weighted by Gasteiger charge is 2.19. The molecule has 0 saturated carbocycles. The number of esters is 3. The first-order valence-corrected chi connectivity index (χ1v) is 27.7. The van der Waals surface area contributed by atoms with Gasteiger partial charge in [-0.15, -0.1) is 0 Å². The molecule has 0 aromatic rings. The normalized spacial score (nSPS) is 12.0. The first-order valence-electron chi connectivity index (χ1n) is 27.7. The lowest BCUT2D eigenvalue weighted by atomic mass is 10.0. The average molecular weight is 877 g/mol. The van der Waals surface area contributed by atoms with Crippen LogP contribution in [-0.4, -0.2) is 37.2 Å². The number of carbonyl (C=O) groups is 3. The third-order valence-electron chi connectivity index (χ3n) is 12.7. The third-order valence-corrected chi connectivity index (χ3v) is 12.7. The average Bonchev–Trinajstić information content (AvgIpc) is 3.24. The van der Waals surface area contributed by atoms with Crippen LogP contribution in [0.1, 0.15) is 311 Å². The summed E-state index contributed by atoms with van der Waals surface area (Å²) in [5.41, 5.74) is 0. The van der Waals surface area contributed by atoms with Crippen LogP contribution in [0.5, 0.6) is 0 Å². The maximum atomic E-state index is 12.8. The van der Waals surface area contributed by atoms with E-state index in [0.717, 1.165) is 69.6 Å². The predicted molar refractivity (Wildman–Crippen MR) is 266 cm³/mol. The Morgan fingerprint density at radius 3 is 0.790 bits per heavy atom. The molecule has 6 heteroatoms. The Hall–Kier alpha value is -1.59. The van der Waals surface area contributed by atoms with Crippen molar-refractivity contribution in [3.05, 3.63) is 0 Å². The van der Waals surface area contributed by atoms with E-state index in [1.54, 1.807) is 0 Å². The highest BCUT2D eigenvalue weighted by molar-refractivity contribution is 5.71. The summed E-state index contributed by atoms with van der Waals surface area (Å²) in [5, 5.41) is 0. The molecule has 0 aliphatic carbocycles. The van der Waals surface area contributed by atoms with Crippen LogP contribution in [0.2, 0.25) is 0 Å². The smallest absolute Gasteiger partial charge is 0.306 e. The Morgan fingerprint density at radius 2 is 0.532 bits per heavy atom. The lowest BCUT2D eigenvalue weighted by molar-refractivity contribution is -0.167. The van der Waals surface area contributed by atoms with Crippen molar-refractivity contribution in [3.8, 4) is 0 Å². The Bertz CT molecular complexity index is 947. The van der Waals surface area contributed by atoms with Gasteiger partial charge in [-0.05, 0) is 31.1 Å². The van der Waals surface area contributed by atoms with Crippen molar-refractivity contribution in [2.45, 2.75) is 317 Å². The van der Waals surface area contributed by atoms with Crippen LogP contribution in [0.3, 0.4) is 0 Å². The predicted octanol–water partition coefficient (Wildman–Crippen LogP) is 18.1. The summed E-state index contributed by atoms with van der Waals surface area (Å²) in [7, 11) is 0. The molecule has 0 spiro atoms. The molecule has 1 atom stereocenters. The van der Waals surface area contributed by atoms with E-state index in [1.165, 1.54) is 199 Å². The monoisotopic (exact) mass is 877 g/mol. The van der Waals surface area contributed by atoms with Crippen molar-refractivity contribution in [3.63, 3.8) is 0 Å². The summed E-state index contributed by atoms with van der Waals surface area (Å²) in [5.74, 6) is 0.836. The molecule has 0 heterocycles. The van der Waals surface area contributed by atoms with Gasteiger partial charge in [0.05, 0.1) is 0 Å². The molecule has 0 aromatic heterocycles. The topological polar surface area (TPSA) is 78.9 Å². The zero-order valence-electron chi connectivity index (χ0n) is 42.5. The summed E-state index contributed by atoms with van der Waals surface area (Å²) in [6, 6.07) is 0. The molecule has 0 saturated heterocycles. The maximum absolute atomic E-state index is 12.8. The Morgan fingerprint density at radius 1 is 0.306 bits per heavy atom. The molecule has 0 amide bonds. The molecular weight excluding hydrogens is 769 g/mol. The van der Waals surface area contributed by atoms with Crippen molar-refractivity contribution < 1.29 is 28.6 Å². The third kappa shape index (κ3) is 49.4. The van der Waals surface area contributed by atoms with Crippen molar-refractivity contribution in [2.24, 2.45) is 11.8 Å². The molecule has 0 N–H and O–H groups in total. The van der Waals surface area contributed by atoms with Crippen molar-refractivity contribution in [2.75, 3.05) is 13.2 Å². The van der Waals surface area contributed by atoms with Crippen LogP contribution in [0.25, 0.3) is 0 Å². The standard InChI is InChI=1S/C56H108O6/c1-6-7-8-9-10-11-12-21-28-33-38-43-48-56(59)62-53(50-61-55(58)47-42-37-32-27-23-18-17-20-25-30-35-40-45-52(4)5)49-60-54(57)46-41-36-31-26-22-16-14-13-15-19-24-29-34-39-44-51(2)3/h51-53H,6-50H2,1-5H3/t53-/m1/s1. The van der Waals surface area contributed by atoms with E-state index in [4.69, 9.17) is 14.2 Å². The largest absolute Gasteiger partial charge is 0.462 e. The minimum atomic E-state index is -0.762. The molecular formula is C56H108O6. The molecule has 0 radical (unpaired) electrons. The van der Waals surface area contributed by atoms with Gasteiger partial charge in [0.15, 0.2) is 6.10 Å². The van der Waals surface area contributed by atoms with E-state index in [2.05, 4.69) is 34.6 Å². The highest BCUT2D eigenvalue weighted by atomic mass is 16.6. The molecule has 0 rings (SSSR count). The molecule has 0 unspecified atom stereocenters. The van der Waals surface area contributed by atoms with E-state index in [9.17, 15) is 14.4 Å². The van der Waals surface area contributed by atoms with E-state index in [1.807, 2.05) is 0 Å². The molecule has 0 bridgehead atoms. The van der Waals surface area contributed by atoms with Gasteiger partial charge in [-0.2, -0.15) is 0 Å². The Kier molecular flexibility index (Phi) is 47.6. The Balaban J connectivity index is 4.28. The second-order valence-electron chi connectivity index (χ2n) is 20.2. The molecule has 0 aliphatic rings. The first kappa shape index (κ1) is 60.4. The number of ether oxygens (including phenoxy) is 3. The van der Waals surface area contributed by atoms with Crippen molar-refractivity contribution >= 4 is 17.9 Å². The van der Waals surface area contributed by atoms with E-state index in [0.29, 0.717) is 19.3 Å². The van der Waals surface area contributed by atoms with Crippen LogP contribution in [0, 0.1) is 11.8 Å². The lowest BCUT2D eigenvalue weighted by Gasteiger charge is -2.18. The molecule has 0 aliphatic heterocycles. The van der Waals surface area contributed by atoms with Gasteiger partial charge in [0, 0.05) is 19.3 Å². The van der Waals surface area contributed by atoms with Gasteiger partial charge in [0.1, 0.15) is 13.2 Å². The molecule has 62 heavy (non-hydrogen) atoms. The molecule has 0 aromatic carbocycles. The second-order valence-corrected chi connectivity index (χ2v) is 20.2. The van der Waals surface area contributed by atoms with E-state index >= 15 is 0 Å². The van der Waals surface area contributed by atoms with Gasteiger partial charge < -0.3 is 14.2 Å². The van der Waals surface area contributed by atoms with Gasteiger partial charge in [-0.25, -0.2) is 0 Å². The van der Waals surface area contributed by atoms with Gasteiger partial charge in [0.2, 0.25) is 0 Å². The fourth-order valence-electron chi connectivity index (χ4n) is 8.52. The van der Waals surface area contributed by atoms with E-state index in [-0.39, 0.29) is 31.1 Å². The van der Waals surface area contributed by atoms with E-state index < -0.39 is 6.10 Å². The highest BCUT2D eigenvalue weighted by Crippen LogP contribution is 2.18. The van der Waals surface area contributed by atoms with Crippen LogP contribution < -0.4 is 0 Å². The fraction of sp³-hybridized carbons (Fsp3) is 0.946. The number of hydrogen-bond acceptors (Lipinski definition) is 6. The summed E-state index contributed by atoms with van der Waals surface area (Å²) < 4.78 is 16.9. The molecule has 6 nitrogen and oxygen atoms in total. The fourth-order valence-corrected chi connectivity index (χ4v) is 8.52. The number of rotatable bonds is 50.